The largest absolute Gasteiger partial charge is 0.468 e. The highest BCUT2D eigenvalue weighted by Crippen LogP contribution is 2.00. The first kappa shape index (κ1) is 7.28. The summed E-state index contributed by atoms with van der Waals surface area (Å²) >= 11 is 0. The summed E-state index contributed by atoms with van der Waals surface area (Å²) in [6.45, 7) is 0.764. The van der Waals surface area contributed by atoms with E-state index in [0.29, 0.717) is 0 Å². The Morgan fingerprint density at radius 2 is 2.50 bits per heavy atom. The van der Waals surface area contributed by atoms with E-state index in [1.54, 1.807) is 0 Å². The molecule has 10 heavy (non-hydrogen) atoms. The monoisotopic (exact) mass is 141 g/mol. The van der Waals surface area contributed by atoms with Crippen LogP contribution >= 0.6 is 0 Å². The normalized spacial score (nSPS) is 24.3. The Morgan fingerprint density at radius 1 is 1.70 bits per heavy atom. The zero-order valence-electron chi connectivity index (χ0n) is 5.96. The third kappa shape index (κ3) is 1.57. The lowest BCUT2D eigenvalue weighted by Crippen LogP contribution is -2.39. The van der Waals surface area contributed by atoms with Crippen LogP contribution in [0.4, 0.5) is 0 Å². The molecule has 3 heteroatoms. The fourth-order valence-electron chi connectivity index (χ4n) is 0.931. The number of ether oxygens (including phenoxy) is 1. The Labute approximate surface area is 60.1 Å². The van der Waals surface area contributed by atoms with E-state index in [-0.39, 0.29) is 12.0 Å². The van der Waals surface area contributed by atoms with Gasteiger partial charge in [0.1, 0.15) is 6.04 Å². The molecule has 0 fully saturated rings. The molecule has 0 saturated carbocycles. The standard InChI is InChI=1S/C7H11NO2/c1-10-7(9)6-4-2-3-5-8-6/h2-3,6,8H,4-5H2,1H3. The number of esters is 1. The Bertz CT molecular complexity index is 154. The van der Waals surface area contributed by atoms with Gasteiger partial charge in [-0.25, -0.2) is 0 Å². The number of rotatable bonds is 1. The van der Waals surface area contributed by atoms with Crippen molar-refractivity contribution >= 4 is 5.97 Å². The van der Waals surface area contributed by atoms with E-state index in [1.807, 2.05) is 12.2 Å². The van der Waals surface area contributed by atoms with Gasteiger partial charge in [-0.1, -0.05) is 12.2 Å². The zero-order chi connectivity index (χ0) is 7.40. The molecule has 56 valence electrons. The van der Waals surface area contributed by atoms with Gasteiger partial charge in [-0.05, 0) is 6.42 Å². The van der Waals surface area contributed by atoms with Gasteiger partial charge >= 0.3 is 5.97 Å². The Balaban J connectivity index is 2.41. The lowest BCUT2D eigenvalue weighted by Gasteiger charge is -2.16. The molecular weight excluding hydrogens is 130 g/mol. The molecule has 0 aromatic heterocycles. The van der Waals surface area contributed by atoms with E-state index in [0.717, 1.165) is 13.0 Å². The number of carbonyl (C=O) groups is 1. The molecule has 0 radical (unpaired) electrons. The highest BCUT2D eigenvalue weighted by atomic mass is 16.5. The van der Waals surface area contributed by atoms with Crippen LogP contribution in [-0.2, 0) is 9.53 Å². The minimum atomic E-state index is -0.177. The molecule has 1 aliphatic rings. The van der Waals surface area contributed by atoms with Crippen LogP contribution in [-0.4, -0.2) is 25.7 Å². The van der Waals surface area contributed by atoms with Crippen molar-refractivity contribution in [3.8, 4) is 0 Å². The van der Waals surface area contributed by atoms with Crippen molar-refractivity contribution in [3.05, 3.63) is 12.2 Å². The third-order valence-corrected chi connectivity index (χ3v) is 1.51. The molecule has 3 nitrogen and oxygen atoms in total. The summed E-state index contributed by atoms with van der Waals surface area (Å²) in [5.41, 5.74) is 0. The first-order valence-corrected chi connectivity index (χ1v) is 3.31. The molecule has 0 aromatic carbocycles. The summed E-state index contributed by atoms with van der Waals surface area (Å²) in [4.78, 5) is 10.8. The number of carbonyl (C=O) groups excluding carboxylic acids is 1. The van der Waals surface area contributed by atoms with Crippen molar-refractivity contribution in [2.45, 2.75) is 12.5 Å². The fraction of sp³-hybridized carbons (Fsp3) is 0.571. The average molecular weight is 141 g/mol. The number of hydrogen-bond donors (Lipinski definition) is 1. The molecule has 1 unspecified atom stereocenters. The van der Waals surface area contributed by atoms with Crippen LogP contribution in [0.3, 0.4) is 0 Å². The summed E-state index contributed by atoms with van der Waals surface area (Å²) in [5.74, 6) is -0.177. The van der Waals surface area contributed by atoms with Gasteiger partial charge in [-0.3, -0.25) is 4.79 Å². The number of hydrogen-bond acceptors (Lipinski definition) is 3. The highest BCUT2D eigenvalue weighted by Gasteiger charge is 2.17. The van der Waals surface area contributed by atoms with Crippen LogP contribution in [0.25, 0.3) is 0 Å². The fourth-order valence-corrected chi connectivity index (χ4v) is 0.931. The smallest absolute Gasteiger partial charge is 0.323 e. The van der Waals surface area contributed by atoms with E-state index in [4.69, 9.17) is 0 Å². The molecular formula is C7H11NO2. The van der Waals surface area contributed by atoms with Gasteiger partial charge in [0.05, 0.1) is 7.11 Å². The van der Waals surface area contributed by atoms with Gasteiger partial charge in [0.2, 0.25) is 0 Å². The first-order valence-electron chi connectivity index (χ1n) is 3.31. The van der Waals surface area contributed by atoms with Crippen molar-refractivity contribution in [1.82, 2.24) is 5.32 Å². The van der Waals surface area contributed by atoms with Crippen molar-refractivity contribution in [3.63, 3.8) is 0 Å². The molecule has 1 rings (SSSR count). The summed E-state index contributed by atoms with van der Waals surface area (Å²) in [7, 11) is 1.41. The van der Waals surface area contributed by atoms with Crippen LogP contribution in [0.15, 0.2) is 12.2 Å². The van der Waals surface area contributed by atoms with E-state index in [1.165, 1.54) is 7.11 Å². The van der Waals surface area contributed by atoms with E-state index in [2.05, 4.69) is 10.1 Å². The van der Waals surface area contributed by atoms with Gasteiger partial charge < -0.3 is 10.1 Å². The maximum Gasteiger partial charge on any atom is 0.323 e. The van der Waals surface area contributed by atoms with Crippen LogP contribution in [0, 0.1) is 0 Å². The molecule has 0 aromatic rings. The molecule has 0 aliphatic carbocycles. The van der Waals surface area contributed by atoms with Crippen molar-refractivity contribution < 1.29 is 9.53 Å². The van der Waals surface area contributed by atoms with Gasteiger partial charge in [0.15, 0.2) is 0 Å². The van der Waals surface area contributed by atoms with Crippen LogP contribution in [0.2, 0.25) is 0 Å². The molecule has 0 bridgehead atoms. The Morgan fingerprint density at radius 3 is 3.00 bits per heavy atom. The van der Waals surface area contributed by atoms with Crippen LogP contribution < -0.4 is 5.32 Å². The summed E-state index contributed by atoms with van der Waals surface area (Å²) in [6, 6.07) is -0.130. The average Bonchev–Trinajstić information content (AvgIpc) is 2.05. The Kier molecular flexibility index (Phi) is 2.45. The molecule has 0 spiro atoms. The Hall–Kier alpha value is -0.830. The SMILES string of the molecule is COC(=O)C1CC=CCN1. The zero-order valence-corrected chi connectivity index (χ0v) is 5.96. The summed E-state index contributed by atoms with van der Waals surface area (Å²) in [5, 5.41) is 3.01. The predicted octanol–water partition coefficient (Wildman–Crippen LogP) is 0.0775. The second kappa shape index (κ2) is 3.37. The minimum Gasteiger partial charge on any atom is -0.468 e. The van der Waals surface area contributed by atoms with Crippen LogP contribution in [0.1, 0.15) is 6.42 Å². The topological polar surface area (TPSA) is 38.3 Å². The first-order chi connectivity index (χ1) is 4.84. The predicted molar refractivity (Wildman–Crippen MR) is 37.6 cm³/mol. The molecule has 1 N–H and O–H groups in total. The molecule has 1 heterocycles. The number of nitrogens with one attached hydrogen (secondary N) is 1. The lowest BCUT2D eigenvalue weighted by molar-refractivity contribution is -0.143. The second-order valence-corrected chi connectivity index (χ2v) is 2.19. The third-order valence-electron chi connectivity index (χ3n) is 1.51. The quantitative estimate of drug-likeness (QED) is 0.415. The van der Waals surface area contributed by atoms with Crippen molar-refractivity contribution in [2.75, 3.05) is 13.7 Å². The lowest BCUT2D eigenvalue weighted by atomic mass is 10.1. The minimum absolute atomic E-state index is 0.130. The maximum atomic E-state index is 10.8. The molecule has 1 atom stereocenters. The van der Waals surface area contributed by atoms with Gasteiger partial charge in [0.25, 0.3) is 0 Å². The molecule has 1 aliphatic heterocycles. The number of methoxy groups -OCH3 is 1. The highest BCUT2D eigenvalue weighted by molar-refractivity contribution is 5.76. The van der Waals surface area contributed by atoms with Crippen molar-refractivity contribution in [1.29, 1.82) is 0 Å². The molecule has 0 saturated heterocycles. The van der Waals surface area contributed by atoms with Gasteiger partial charge in [-0.15, -0.1) is 0 Å². The van der Waals surface area contributed by atoms with Gasteiger partial charge in [0, 0.05) is 6.54 Å². The van der Waals surface area contributed by atoms with E-state index < -0.39 is 0 Å². The van der Waals surface area contributed by atoms with Gasteiger partial charge in [-0.2, -0.15) is 0 Å². The second-order valence-electron chi connectivity index (χ2n) is 2.19. The van der Waals surface area contributed by atoms with Crippen molar-refractivity contribution in [2.24, 2.45) is 0 Å². The molecule has 0 amide bonds. The maximum absolute atomic E-state index is 10.8. The van der Waals surface area contributed by atoms with E-state index in [9.17, 15) is 4.79 Å². The summed E-state index contributed by atoms with van der Waals surface area (Å²) in [6.07, 6.45) is 4.73. The summed E-state index contributed by atoms with van der Waals surface area (Å²) < 4.78 is 4.55. The van der Waals surface area contributed by atoms with Crippen LogP contribution in [0.5, 0.6) is 0 Å². The van der Waals surface area contributed by atoms with E-state index >= 15 is 0 Å².